The molecule has 1 N–H and O–H groups in total. The predicted molar refractivity (Wildman–Crippen MR) is 98.5 cm³/mol. The van der Waals surface area contributed by atoms with Gasteiger partial charge in [-0.05, 0) is 38.1 Å². The summed E-state index contributed by atoms with van der Waals surface area (Å²) < 4.78 is 64.5. The van der Waals surface area contributed by atoms with Crippen molar-refractivity contribution in [2.75, 3.05) is 26.0 Å². The van der Waals surface area contributed by atoms with Gasteiger partial charge in [-0.3, -0.25) is 9.36 Å². The molecule has 6 nitrogen and oxygen atoms in total. The summed E-state index contributed by atoms with van der Waals surface area (Å²) in [7, 11) is -3.16. The van der Waals surface area contributed by atoms with Crippen molar-refractivity contribution in [3.63, 3.8) is 0 Å². The van der Waals surface area contributed by atoms with E-state index < -0.39 is 25.3 Å². The van der Waals surface area contributed by atoms with Crippen LogP contribution in [0.1, 0.15) is 19.4 Å². The first-order chi connectivity index (χ1) is 13.1. The summed E-state index contributed by atoms with van der Waals surface area (Å²) in [5.74, 6) is -2.55. The number of halogens is 3. The number of aliphatic hydroxyl groups is 1. The standard InChI is InChI=1S/C18H22F3O6P/c1-3-26-28(24,27-4-2)12-6-5-11-25-15-9-7-14(8-10-15)16(22)13-17(23)18(19,20)21/h5-10,13,22H,3-4,11-12H2,1-2H3/b6-5+,16-13?. The van der Waals surface area contributed by atoms with Crippen LogP contribution in [-0.4, -0.2) is 43.0 Å². The Balaban J connectivity index is 2.58. The van der Waals surface area contributed by atoms with Crippen LogP contribution >= 0.6 is 7.60 Å². The molecule has 10 heteroatoms. The summed E-state index contributed by atoms with van der Waals surface area (Å²) in [5, 5.41) is 9.59. The van der Waals surface area contributed by atoms with E-state index in [1.165, 1.54) is 24.3 Å². The average Bonchev–Trinajstić information content (AvgIpc) is 2.61. The van der Waals surface area contributed by atoms with Crippen LogP contribution in [0.15, 0.2) is 42.5 Å². The molecule has 0 atom stereocenters. The van der Waals surface area contributed by atoms with Crippen LogP contribution in [-0.2, 0) is 18.4 Å². The molecule has 1 rings (SSSR count). The third-order valence-electron chi connectivity index (χ3n) is 3.19. The van der Waals surface area contributed by atoms with E-state index in [2.05, 4.69) is 0 Å². The number of ketones is 1. The van der Waals surface area contributed by atoms with Crippen molar-refractivity contribution >= 4 is 19.1 Å². The Morgan fingerprint density at radius 2 is 1.68 bits per heavy atom. The highest BCUT2D eigenvalue weighted by atomic mass is 31.2. The van der Waals surface area contributed by atoms with Crippen LogP contribution in [0.4, 0.5) is 13.2 Å². The van der Waals surface area contributed by atoms with E-state index in [4.69, 9.17) is 13.8 Å². The number of benzene rings is 1. The summed E-state index contributed by atoms with van der Waals surface area (Å²) in [6.07, 6.45) is -1.59. The third kappa shape index (κ3) is 8.29. The number of hydrogen-bond donors (Lipinski definition) is 1. The van der Waals surface area contributed by atoms with Gasteiger partial charge in [0.2, 0.25) is 0 Å². The normalized spacial score (nSPS) is 13.1. The summed E-state index contributed by atoms with van der Waals surface area (Å²) in [6, 6.07) is 5.48. The van der Waals surface area contributed by atoms with Crippen LogP contribution in [0, 0.1) is 0 Å². The van der Waals surface area contributed by atoms with Crippen LogP contribution in [0.3, 0.4) is 0 Å². The number of ether oxygens (including phenoxy) is 1. The van der Waals surface area contributed by atoms with E-state index in [0.29, 0.717) is 5.75 Å². The van der Waals surface area contributed by atoms with E-state index in [9.17, 15) is 27.6 Å². The van der Waals surface area contributed by atoms with Crippen LogP contribution in [0.25, 0.3) is 5.76 Å². The molecular formula is C18H22F3O6P. The van der Waals surface area contributed by atoms with Crippen LogP contribution in [0.2, 0.25) is 0 Å². The minimum Gasteiger partial charge on any atom is -0.507 e. The van der Waals surface area contributed by atoms with Crippen molar-refractivity contribution in [1.82, 2.24) is 0 Å². The van der Waals surface area contributed by atoms with Gasteiger partial charge in [-0.25, -0.2) is 0 Å². The van der Waals surface area contributed by atoms with E-state index in [-0.39, 0.29) is 37.6 Å². The summed E-state index contributed by atoms with van der Waals surface area (Å²) in [5.41, 5.74) is 0.0369. The second-order valence-corrected chi connectivity index (χ2v) is 7.43. The summed E-state index contributed by atoms with van der Waals surface area (Å²) in [6.45, 7) is 4.11. The number of hydrogen-bond acceptors (Lipinski definition) is 6. The monoisotopic (exact) mass is 422 g/mol. The minimum atomic E-state index is -5.04. The topological polar surface area (TPSA) is 82.1 Å². The molecule has 0 radical (unpaired) electrons. The maximum absolute atomic E-state index is 12.2. The molecule has 28 heavy (non-hydrogen) atoms. The second kappa shape index (κ2) is 11.0. The lowest BCUT2D eigenvalue weighted by molar-refractivity contribution is -0.165. The van der Waals surface area contributed by atoms with Gasteiger partial charge >= 0.3 is 13.8 Å². The molecule has 0 aliphatic carbocycles. The molecule has 0 heterocycles. The van der Waals surface area contributed by atoms with Gasteiger partial charge in [-0.2, -0.15) is 13.2 Å². The zero-order chi connectivity index (χ0) is 21.2. The molecule has 0 saturated carbocycles. The molecular weight excluding hydrogens is 400 g/mol. The fraction of sp³-hybridized carbons (Fsp3) is 0.389. The fourth-order valence-corrected chi connectivity index (χ4v) is 3.44. The maximum Gasteiger partial charge on any atom is 0.454 e. The number of carbonyl (C=O) groups is 1. The first-order valence-corrected chi connectivity index (χ1v) is 10.1. The van der Waals surface area contributed by atoms with E-state index >= 15 is 0 Å². The minimum absolute atomic E-state index is 0.0369. The van der Waals surface area contributed by atoms with Crippen molar-refractivity contribution in [2.45, 2.75) is 20.0 Å². The lowest BCUT2D eigenvalue weighted by atomic mass is 10.1. The highest BCUT2D eigenvalue weighted by molar-refractivity contribution is 7.54. The lowest BCUT2D eigenvalue weighted by Crippen LogP contribution is -2.20. The molecule has 0 aromatic heterocycles. The zero-order valence-electron chi connectivity index (χ0n) is 15.4. The van der Waals surface area contributed by atoms with Gasteiger partial charge < -0.3 is 18.9 Å². The van der Waals surface area contributed by atoms with Gasteiger partial charge in [0.25, 0.3) is 5.78 Å². The molecule has 0 bridgehead atoms. The second-order valence-electron chi connectivity index (χ2n) is 5.33. The Kier molecular flexibility index (Phi) is 9.45. The van der Waals surface area contributed by atoms with Crippen LogP contribution < -0.4 is 4.74 Å². The van der Waals surface area contributed by atoms with Crippen molar-refractivity contribution < 1.29 is 41.4 Å². The smallest absolute Gasteiger partial charge is 0.454 e. The number of aliphatic hydroxyl groups excluding tert-OH is 1. The number of rotatable bonds is 11. The van der Waals surface area contributed by atoms with Gasteiger partial charge in [-0.15, -0.1) is 0 Å². The maximum atomic E-state index is 12.2. The van der Waals surface area contributed by atoms with Gasteiger partial charge in [0, 0.05) is 11.6 Å². The SMILES string of the molecule is CCOP(=O)(C/C=C/COc1ccc(C(O)=CC(=O)C(F)(F)F)cc1)OCC. The summed E-state index contributed by atoms with van der Waals surface area (Å²) >= 11 is 0. The predicted octanol–water partition coefficient (Wildman–Crippen LogP) is 4.92. The fourth-order valence-electron chi connectivity index (χ4n) is 1.96. The molecule has 1 aromatic carbocycles. The number of alkyl halides is 3. The molecule has 0 aliphatic rings. The molecule has 0 saturated heterocycles. The van der Waals surface area contributed by atoms with Crippen molar-refractivity contribution in [3.8, 4) is 5.75 Å². The van der Waals surface area contributed by atoms with Gasteiger partial charge in [-0.1, -0.05) is 12.2 Å². The Labute approximate surface area is 161 Å². The van der Waals surface area contributed by atoms with Crippen molar-refractivity contribution in [3.05, 3.63) is 48.1 Å². The molecule has 156 valence electrons. The Morgan fingerprint density at radius 3 is 2.18 bits per heavy atom. The molecule has 0 amide bonds. The molecule has 0 spiro atoms. The van der Waals surface area contributed by atoms with Gasteiger partial charge in [0.15, 0.2) is 0 Å². The quantitative estimate of drug-likeness (QED) is 0.236. The third-order valence-corrected chi connectivity index (χ3v) is 5.15. The van der Waals surface area contributed by atoms with Gasteiger partial charge in [0.1, 0.15) is 18.1 Å². The lowest BCUT2D eigenvalue weighted by Gasteiger charge is -2.14. The molecule has 1 aromatic rings. The Hall–Kier alpha value is -2.09. The Bertz CT molecular complexity index is 731. The Morgan fingerprint density at radius 1 is 1.11 bits per heavy atom. The molecule has 0 unspecified atom stereocenters. The first-order valence-electron chi connectivity index (χ1n) is 8.39. The molecule has 0 aliphatic heterocycles. The zero-order valence-corrected chi connectivity index (χ0v) is 16.3. The van der Waals surface area contributed by atoms with E-state index in [0.717, 1.165) is 0 Å². The van der Waals surface area contributed by atoms with Gasteiger partial charge in [0.05, 0.1) is 19.4 Å². The van der Waals surface area contributed by atoms with E-state index in [1.807, 2.05) is 0 Å². The molecule has 0 fully saturated rings. The van der Waals surface area contributed by atoms with Crippen molar-refractivity contribution in [2.24, 2.45) is 0 Å². The van der Waals surface area contributed by atoms with Crippen LogP contribution in [0.5, 0.6) is 5.75 Å². The highest BCUT2D eigenvalue weighted by Gasteiger charge is 2.37. The van der Waals surface area contributed by atoms with E-state index in [1.54, 1.807) is 26.0 Å². The first kappa shape index (κ1) is 23.9. The number of allylic oxidation sites excluding steroid dienone is 2. The van der Waals surface area contributed by atoms with Crippen molar-refractivity contribution in [1.29, 1.82) is 0 Å². The average molecular weight is 422 g/mol. The summed E-state index contributed by atoms with van der Waals surface area (Å²) in [4.78, 5) is 10.8. The largest absolute Gasteiger partial charge is 0.507 e. The highest BCUT2D eigenvalue weighted by Crippen LogP contribution is 2.47. The number of carbonyl (C=O) groups excluding carboxylic acids is 1.